The number of likely N-dealkylation sites (tertiary alicyclic amines) is 1. The minimum Gasteiger partial charge on any atom is -0.444 e. The molecule has 0 saturated carbocycles. The third-order valence-electron chi connectivity index (χ3n) is 5.76. The summed E-state index contributed by atoms with van der Waals surface area (Å²) in [6, 6.07) is 10.0. The normalized spacial score (nSPS) is 17.2. The first-order valence-electron chi connectivity index (χ1n) is 11.3. The summed E-state index contributed by atoms with van der Waals surface area (Å²) >= 11 is 0. The summed E-state index contributed by atoms with van der Waals surface area (Å²) in [5.41, 5.74) is 1.19. The van der Waals surface area contributed by atoms with Gasteiger partial charge in [0.1, 0.15) is 5.60 Å². The third-order valence-corrected chi connectivity index (χ3v) is 5.76. The van der Waals surface area contributed by atoms with Crippen LogP contribution >= 0.6 is 0 Å². The van der Waals surface area contributed by atoms with Crippen LogP contribution in [0.4, 0.5) is 4.79 Å². The number of piperidine rings is 1. The highest BCUT2D eigenvalue weighted by molar-refractivity contribution is 6.09. The van der Waals surface area contributed by atoms with Gasteiger partial charge in [-0.25, -0.2) is 4.79 Å². The molecule has 2 aromatic rings. The van der Waals surface area contributed by atoms with Crippen LogP contribution in [0, 0.1) is 17.2 Å². The van der Waals surface area contributed by atoms with Crippen LogP contribution in [0.2, 0.25) is 0 Å². The van der Waals surface area contributed by atoms with E-state index in [0.717, 1.165) is 36.8 Å². The van der Waals surface area contributed by atoms with Gasteiger partial charge in [0.25, 0.3) is 0 Å². The van der Waals surface area contributed by atoms with E-state index in [-0.39, 0.29) is 11.9 Å². The van der Waals surface area contributed by atoms with Gasteiger partial charge in [0.2, 0.25) is 0 Å². The van der Waals surface area contributed by atoms with E-state index in [9.17, 15) is 9.59 Å². The molecule has 3 rings (SSSR count). The molecule has 0 spiro atoms. The Labute approximate surface area is 190 Å². The van der Waals surface area contributed by atoms with Crippen molar-refractivity contribution in [1.82, 2.24) is 14.4 Å². The van der Waals surface area contributed by atoms with Crippen molar-refractivity contribution in [2.45, 2.75) is 52.2 Å². The Balaban J connectivity index is 1.63. The van der Waals surface area contributed by atoms with Gasteiger partial charge < -0.3 is 14.2 Å². The number of aromatic nitrogens is 1. The number of carbonyl (C=O) groups is 2. The number of para-hydroxylation sites is 1. The van der Waals surface area contributed by atoms with Crippen molar-refractivity contribution < 1.29 is 14.3 Å². The first-order valence-corrected chi connectivity index (χ1v) is 11.3. The number of ketones is 1. The smallest absolute Gasteiger partial charge is 0.410 e. The van der Waals surface area contributed by atoms with E-state index in [1.165, 1.54) is 0 Å². The molecule has 1 aromatic carbocycles. The summed E-state index contributed by atoms with van der Waals surface area (Å²) in [5.74, 6) is 0.407. The van der Waals surface area contributed by atoms with Gasteiger partial charge in [-0.15, -0.1) is 0 Å². The maximum atomic E-state index is 13.2. The van der Waals surface area contributed by atoms with Gasteiger partial charge in [-0.05, 0) is 52.1 Å². The van der Waals surface area contributed by atoms with Crippen molar-refractivity contribution >= 4 is 22.8 Å². The largest absolute Gasteiger partial charge is 0.444 e. The Morgan fingerprint density at radius 3 is 2.75 bits per heavy atom. The lowest BCUT2D eigenvalue weighted by Gasteiger charge is -2.34. The lowest BCUT2D eigenvalue weighted by atomic mass is 9.97. The number of nitriles is 1. The number of benzene rings is 1. The van der Waals surface area contributed by atoms with Crippen LogP contribution < -0.4 is 0 Å². The zero-order valence-corrected chi connectivity index (χ0v) is 19.6. The van der Waals surface area contributed by atoms with E-state index in [0.29, 0.717) is 37.5 Å². The molecule has 0 aliphatic carbocycles. The molecule has 7 heteroatoms. The van der Waals surface area contributed by atoms with Crippen LogP contribution in [-0.4, -0.2) is 65.1 Å². The van der Waals surface area contributed by atoms with E-state index in [1.807, 2.05) is 55.8 Å². The molecule has 172 valence electrons. The number of Topliss-reactive ketones (excluding diaryl/α,β-unsaturated/α-hetero) is 1. The second kappa shape index (κ2) is 10.2. The molecule has 1 saturated heterocycles. The van der Waals surface area contributed by atoms with E-state index in [2.05, 4.69) is 11.0 Å². The van der Waals surface area contributed by atoms with Crippen molar-refractivity contribution in [2.24, 2.45) is 5.92 Å². The highest BCUT2D eigenvalue weighted by Crippen LogP contribution is 2.24. The maximum absolute atomic E-state index is 13.2. The van der Waals surface area contributed by atoms with Crippen LogP contribution in [0.25, 0.3) is 10.9 Å². The third kappa shape index (κ3) is 6.10. The number of amides is 1. The monoisotopic (exact) mass is 438 g/mol. The zero-order chi connectivity index (χ0) is 23.3. The van der Waals surface area contributed by atoms with Crippen LogP contribution in [0.1, 0.15) is 50.4 Å². The summed E-state index contributed by atoms with van der Waals surface area (Å²) < 4.78 is 7.46. The molecule has 2 heterocycles. The fourth-order valence-electron chi connectivity index (χ4n) is 4.36. The maximum Gasteiger partial charge on any atom is 0.410 e. The second-order valence-electron chi connectivity index (χ2n) is 9.69. The van der Waals surface area contributed by atoms with Gasteiger partial charge in [0.05, 0.1) is 19.0 Å². The molecule has 1 amide bonds. The SMILES string of the molecule is CN(CC1CCCN(CC(=O)c2cn(CCC#N)c3ccccc23)C1)C(=O)OC(C)(C)C. The van der Waals surface area contributed by atoms with E-state index < -0.39 is 5.60 Å². The van der Waals surface area contributed by atoms with E-state index >= 15 is 0 Å². The van der Waals surface area contributed by atoms with Gasteiger partial charge in [-0.1, -0.05) is 18.2 Å². The number of rotatable bonds is 7. The minimum absolute atomic E-state index is 0.0954. The number of fused-ring (bicyclic) bond motifs is 1. The van der Waals surface area contributed by atoms with Crippen molar-refractivity contribution in [3.8, 4) is 6.07 Å². The van der Waals surface area contributed by atoms with Crippen molar-refractivity contribution in [1.29, 1.82) is 5.26 Å². The fourth-order valence-corrected chi connectivity index (χ4v) is 4.36. The van der Waals surface area contributed by atoms with Crippen LogP contribution in [0.5, 0.6) is 0 Å². The Hall–Kier alpha value is -2.85. The average molecular weight is 439 g/mol. The van der Waals surface area contributed by atoms with Crippen molar-refractivity contribution in [2.75, 3.05) is 33.2 Å². The van der Waals surface area contributed by atoms with E-state index in [4.69, 9.17) is 10.00 Å². The number of hydrogen-bond acceptors (Lipinski definition) is 5. The van der Waals surface area contributed by atoms with Crippen LogP contribution in [-0.2, 0) is 11.3 Å². The molecule has 7 nitrogen and oxygen atoms in total. The molecule has 1 unspecified atom stereocenters. The van der Waals surface area contributed by atoms with Crippen molar-refractivity contribution in [3.63, 3.8) is 0 Å². The van der Waals surface area contributed by atoms with Gasteiger partial charge in [-0.3, -0.25) is 9.69 Å². The van der Waals surface area contributed by atoms with Gasteiger partial charge >= 0.3 is 6.09 Å². The first kappa shape index (κ1) is 23.8. The van der Waals surface area contributed by atoms with Crippen LogP contribution in [0.3, 0.4) is 0 Å². The summed E-state index contributed by atoms with van der Waals surface area (Å²) in [4.78, 5) is 29.3. The number of hydrogen-bond donors (Lipinski definition) is 0. The number of ether oxygens (including phenoxy) is 1. The fraction of sp³-hybridized carbons (Fsp3) is 0.560. The molecular formula is C25H34N4O3. The number of nitrogens with zero attached hydrogens (tertiary/aromatic N) is 4. The van der Waals surface area contributed by atoms with Gasteiger partial charge in [-0.2, -0.15) is 5.26 Å². The summed E-state index contributed by atoms with van der Waals surface area (Å²) in [5, 5.41) is 9.88. The molecule has 1 aliphatic rings. The average Bonchev–Trinajstić information content (AvgIpc) is 3.10. The minimum atomic E-state index is -0.511. The summed E-state index contributed by atoms with van der Waals surface area (Å²) in [6.45, 7) is 8.81. The molecule has 1 aromatic heterocycles. The molecule has 0 N–H and O–H groups in total. The molecule has 0 radical (unpaired) electrons. The van der Waals surface area contributed by atoms with Crippen LogP contribution in [0.15, 0.2) is 30.5 Å². The molecule has 1 atom stereocenters. The zero-order valence-electron chi connectivity index (χ0n) is 19.6. The lowest BCUT2D eigenvalue weighted by molar-refractivity contribution is 0.0242. The molecule has 1 fully saturated rings. The summed E-state index contributed by atoms with van der Waals surface area (Å²) in [6.07, 6.45) is 4.03. The highest BCUT2D eigenvalue weighted by Gasteiger charge is 2.27. The quantitative estimate of drug-likeness (QED) is 0.602. The standard InChI is InChI=1S/C25H34N4O3/c1-25(2,3)32-24(31)27(4)15-19-9-7-13-28(16-19)18-23(30)21-17-29(14-8-12-26)22-11-6-5-10-20(21)22/h5-6,10-11,17,19H,7-9,13-16,18H2,1-4H3. The Morgan fingerprint density at radius 2 is 2.03 bits per heavy atom. The van der Waals surface area contributed by atoms with Gasteiger partial charge in [0, 0.05) is 49.3 Å². The predicted octanol–water partition coefficient (Wildman–Crippen LogP) is 4.32. The Bertz CT molecular complexity index is 999. The van der Waals surface area contributed by atoms with Gasteiger partial charge in [0.15, 0.2) is 5.78 Å². The number of carbonyl (C=O) groups excluding carboxylic acids is 2. The van der Waals surface area contributed by atoms with E-state index in [1.54, 1.807) is 11.9 Å². The Morgan fingerprint density at radius 1 is 1.28 bits per heavy atom. The Kier molecular flexibility index (Phi) is 7.57. The molecule has 1 aliphatic heterocycles. The second-order valence-corrected chi connectivity index (χ2v) is 9.69. The predicted molar refractivity (Wildman–Crippen MR) is 125 cm³/mol. The summed E-state index contributed by atoms with van der Waals surface area (Å²) in [7, 11) is 1.77. The topological polar surface area (TPSA) is 78.6 Å². The molecule has 32 heavy (non-hydrogen) atoms. The molecular weight excluding hydrogens is 404 g/mol. The lowest BCUT2D eigenvalue weighted by Crippen LogP contribution is -2.44. The molecule has 0 bridgehead atoms. The number of aryl methyl sites for hydroxylation is 1. The van der Waals surface area contributed by atoms with Crippen molar-refractivity contribution in [3.05, 3.63) is 36.0 Å². The highest BCUT2D eigenvalue weighted by atomic mass is 16.6. The first-order chi connectivity index (χ1) is 15.2.